The summed E-state index contributed by atoms with van der Waals surface area (Å²) in [5.41, 5.74) is -1.10. The first-order valence-electron chi connectivity index (χ1n) is 11.0. The zero-order valence-corrected chi connectivity index (χ0v) is 20.7. The number of carbonyl (C=O) groups is 1. The molecule has 0 spiro atoms. The van der Waals surface area contributed by atoms with Gasteiger partial charge in [-0.25, -0.2) is 4.79 Å². The van der Waals surface area contributed by atoms with Gasteiger partial charge in [-0.2, -0.15) is 0 Å². The molecule has 7 nitrogen and oxygen atoms in total. The molecule has 0 aromatic carbocycles. The Morgan fingerprint density at radius 1 is 1.21 bits per heavy atom. The molecule has 2 unspecified atom stereocenters. The zero-order chi connectivity index (χ0) is 20.4. The lowest BCUT2D eigenvalue weighted by molar-refractivity contribution is 0.00540. The van der Waals surface area contributed by atoms with Crippen LogP contribution in [-0.2, 0) is 4.74 Å². The van der Waals surface area contributed by atoms with Crippen LogP contribution in [0.25, 0.3) is 0 Å². The van der Waals surface area contributed by atoms with Crippen molar-refractivity contribution in [2.75, 3.05) is 13.1 Å². The normalized spacial score (nSPS) is 28.7. The molecule has 2 saturated heterocycles. The van der Waals surface area contributed by atoms with Gasteiger partial charge in [-0.3, -0.25) is 4.99 Å². The molecule has 168 valence electrons. The highest BCUT2D eigenvalue weighted by atomic mass is 127. The van der Waals surface area contributed by atoms with Crippen LogP contribution in [0.3, 0.4) is 0 Å². The number of piperidine rings is 1. The molecule has 2 aliphatic heterocycles. The lowest BCUT2D eigenvalue weighted by Gasteiger charge is -2.40. The van der Waals surface area contributed by atoms with E-state index in [2.05, 4.69) is 22.5 Å². The van der Waals surface area contributed by atoms with Gasteiger partial charge in [-0.1, -0.05) is 12.8 Å². The molecule has 2 atom stereocenters. The second-order valence-corrected chi connectivity index (χ2v) is 9.71. The fraction of sp³-hybridized carbons (Fsp3) is 0.905. The maximum atomic E-state index is 12.6. The number of ether oxygens (including phenoxy) is 1. The molecular formula is C21H39IN4O3. The smallest absolute Gasteiger partial charge is 0.410 e. The number of nitrogens with zero attached hydrogens (tertiary/aromatic N) is 2. The third-order valence-corrected chi connectivity index (χ3v) is 6.09. The highest BCUT2D eigenvalue weighted by Crippen LogP contribution is 2.37. The Balaban J connectivity index is 0.00000300. The van der Waals surface area contributed by atoms with E-state index >= 15 is 0 Å². The molecule has 3 N–H and O–H groups in total. The van der Waals surface area contributed by atoms with E-state index in [1.165, 1.54) is 0 Å². The molecule has 1 saturated carbocycles. The van der Waals surface area contributed by atoms with Crippen LogP contribution in [0.4, 0.5) is 4.79 Å². The van der Waals surface area contributed by atoms with Crippen LogP contribution in [0.2, 0.25) is 0 Å². The van der Waals surface area contributed by atoms with Gasteiger partial charge < -0.3 is 25.4 Å². The van der Waals surface area contributed by atoms with Crippen LogP contribution in [0.1, 0.15) is 79.1 Å². The number of aliphatic hydroxyl groups is 1. The fourth-order valence-corrected chi connectivity index (χ4v) is 4.84. The number of nitrogens with one attached hydrogen (secondary N) is 2. The van der Waals surface area contributed by atoms with E-state index in [1.807, 2.05) is 25.7 Å². The maximum absolute atomic E-state index is 12.6. The molecule has 0 radical (unpaired) electrons. The Kier molecular flexibility index (Phi) is 8.47. The summed E-state index contributed by atoms with van der Waals surface area (Å²) in [6.07, 6.45) is 7.57. The van der Waals surface area contributed by atoms with Crippen molar-refractivity contribution in [3.8, 4) is 0 Å². The van der Waals surface area contributed by atoms with Gasteiger partial charge in [0.1, 0.15) is 5.60 Å². The quantitative estimate of drug-likeness (QED) is 0.300. The fourth-order valence-electron chi connectivity index (χ4n) is 4.84. The highest BCUT2D eigenvalue weighted by molar-refractivity contribution is 14.0. The zero-order valence-electron chi connectivity index (χ0n) is 18.4. The summed E-state index contributed by atoms with van der Waals surface area (Å²) < 4.78 is 5.62. The second-order valence-electron chi connectivity index (χ2n) is 9.71. The SMILES string of the molecule is CCNC(=NCC1(O)CCCC1)NC1CC2CCC(C1)N2C(=O)OC(C)(C)C.I. The van der Waals surface area contributed by atoms with E-state index in [-0.39, 0.29) is 48.2 Å². The van der Waals surface area contributed by atoms with E-state index in [0.29, 0.717) is 6.54 Å². The molecule has 0 aromatic rings. The van der Waals surface area contributed by atoms with Gasteiger partial charge in [0.05, 0.1) is 12.1 Å². The topological polar surface area (TPSA) is 86.2 Å². The number of fused-ring (bicyclic) bond motifs is 2. The van der Waals surface area contributed by atoms with E-state index in [1.54, 1.807) is 0 Å². The standard InChI is InChI=1S/C21H38N4O3.HI/c1-5-22-18(23-14-21(27)10-6-7-11-21)24-15-12-16-8-9-17(13-15)25(16)19(26)28-20(2,3)4;/h15-17,27H,5-14H2,1-4H3,(H2,22,23,24);1H. The minimum atomic E-state index is -0.637. The van der Waals surface area contributed by atoms with Gasteiger partial charge >= 0.3 is 6.09 Å². The molecule has 1 amide bonds. The summed E-state index contributed by atoms with van der Waals surface area (Å²) in [6.45, 7) is 9.03. The molecule has 3 aliphatic rings. The van der Waals surface area contributed by atoms with Crippen molar-refractivity contribution in [2.45, 2.75) is 108 Å². The molecule has 1 aliphatic carbocycles. The molecule has 3 fully saturated rings. The predicted molar refractivity (Wildman–Crippen MR) is 126 cm³/mol. The van der Waals surface area contributed by atoms with Crippen LogP contribution in [-0.4, -0.2) is 64.5 Å². The Hall–Kier alpha value is -0.770. The minimum absolute atomic E-state index is 0. The lowest BCUT2D eigenvalue weighted by atomic mass is 9.98. The Bertz CT molecular complexity index is 573. The third kappa shape index (κ3) is 6.60. The van der Waals surface area contributed by atoms with Gasteiger partial charge in [0.2, 0.25) is 0 Å². The molecular weight excluding hydrogens is 483 g/mol. The van der Waals surface area contributed by atoms with E-state index < -0.39 is 11.2 Å². The Morgan fingerprint density at radius 2 is 1.79 bits per heavy atom. The Morgan fingerprint density at radius 3 is 2.31 bits per heavy atom. The number of amides is 1. The molecule has 3 rings (SSSR count). The number of carbonyl (C=O) groups excluding carboxylic acids is 1. The third-order valence-electron chi connectivity index (χ3n) is 6.09. The summed E-state index contributed by atoms with van der Waals surface area (Å²) in [6, 6.07) is 0.744. The van der Waals surface area contributed by atoms with E-state index in [0.717, 1.165) is 63.9 Å². The van der Waals surface area contributed by atoms with Crippen LogP contribution >= 0.6 is 24.0 Å². The minimum Gasteiger partial charge on any atom is -0.444 e. The number of halogens is 1. The van der Waals surface area contributed by atoms with Crippen molar-refractivity contribution in [1.82, 2.24) is 15.5 Å². The van der Waals surface area contributed by atoms with Crippen LogP contribution in [0, 0.1) is 0 Å². The van der Waals surface area contributed by atoms with Crippen molar-refractivity contribution in [3.05, 3.63) is 0 Å². The van der Waals surface area contributed by atoms with Gasteiger partial charge in [-0.15, -0.1) is 24.0 Å². The van der Waals surface area contributed by atoms with Crippen molar-refractivity contribution < 1.29 is 14.6 Å². The van der Waals surface area contributed by atoms with Crippen molar-refractivity contribution in [3.63, 3.8) is 0 Å². The number of rotatable bonds is 4. The summed E-state index contributed by atoms with van der Waals surface area (Å²) in [7, 11) is 0. The number of guanidine groups is 1. The Labute approximate surface area is 192 Å². The van der Waals surface area contributed by atoms with Crippen LogP contribution in [0.15, 0.2) is 4.99 Å². The van der Waals surface area contributed by atoms with Gasteiger partial charge in [0.15, 0.2) is 5.96 Å². The number of hydrogen-bond acceptors (Lipinski definition) is 4. The number of hydrogen-bond donors (Lipinski definition) is 3. The van der Waals surface area contributed by atoms with E-state index in [9.17, 15) is 9.90 Å². The summed E-state index contributed by atoms with van der Waals surface area (Å²) in [4.78, 5) is 19.3. The average molecular weight is 522 g/mol. The monoisotopic (exact) mass is 522 g/mol. The van der Waals surface area contributed by atoms with Gasteiger partial charge in [0, 0.05) is 24.7 Å². The van der Waals surface area contributed by atoms with Gasteiger partial charge in [-0.05, 0) is 66.2 Å². The van der Waals surface area contributed by atoms with Crippen molar-refractivity contribution in [1.29, 1.82) is 0 Å². The second kappa shape index (κ2) is 10.0. The summed E-state index contributed by atoms with van der Waals surface area (Å²) in [5.74, 6) is 0.776. The molecule has 29 heavy (non-hydrogen) atoms. The summed E-state index contributed by atoms with van der Waals surface area (Å²) >= 11 is 0. The lowest BCUT2D eigenvalue weighted by Crippen LogP contribution is -2.55. The highest BCUT2D eigenvalue weighted by Gasteiger charge is 2.45. The first kappa shape index (κ1) is 24.5. The van der Waals surface area contributed by atoms with Crippen LogP contribution < -0.4 is 10.6 Å². The molecule has 0 aromatic heterocycles. The maximum Gasteiger partial charge on any atom is 0.410 e. The first-order chi connectivity index (χ1) is 13.2. The molecule has 8 heteroatoms. The molecule has 2 heterocycles. The first-order valence-corrected chi connectivity index (χ1v) is 11.0. The summed E-state index contributed by atoms with van der Waals surface area (Å²) in [5, 5.41) is 17.4. The molecule has 2 bridgehead atoms. The largest absolute Gasteiger partial charge is 0.444 e. The van der Waals surface area contributed by atoms with E-state index in [4.69, 9.17) is 4.74 Å². The van der Waals surface area contributed by atoms with Gasteiger partial charge in [0.25, 0.3) is 0 Å². The average Bonchev–Trinajstić information content (AvgIpc) is 3.14. The predicted octanol–water partition coefficient (Wildman–Crippen LogP) is 3.40. The van der Waals surface area contributed by atoms with Crippen LogP contribution in [0.5, 0.6) is 0 Å². The van der Waals surface area contributed by atoms with Crippen molar-refractivity contribution >= 4 is 36.0 Å². The van der Waals surface area contributed by atoms with Crippen molar-refractivity contribution in [2.24, 2.45) is 4.99 Å². The number of aliphatic imine (C=N–C) groups is 1.